The molecule has 6 nitrogen and oxygen atoms in total. The molecule has 0 radical (unpaired) electrons. The second-order valence-electron chi connectivity index (χ2n) is 4.17. The van der Waals surface area contributed by atoms with E-state index in [0.29, 0.717) is 18.2 Å². The van der Waals surface area contributed by atoms with Crippen molar-refractivity contribution < 1.29 is 19.8 Å². The molecule has 2 N–H and O–H groups in total. The summed E-state index contributed by atoms with van der Waals surface area (Å²) >= 11 is 1.44. The summed E-state index contributed by atoms with van der Waals surface area (Å²) in [6.45, 7) is 2.73. The molecule has 0 aromatic carbocycles. The highest BCUT2D eigenvalue weighted by Gasteiger charge is 2.36. The van der Waals surface area contributed by atoms with Gasteiger partial charge in [0.15, 0.2) is 0 Å². The number of carboxylic acid groups (broad SMARTS) is 1. The monoisotopic (exact) mass is 276 g/mol. The molecule has 18 heavy (non-hydrogen) atoms. The number of nitrogens with zero attached hydrogens (tertiary/aromatic N) is 2. The van der Waals surface area contributed by atoms with Gasteiger partial charge >= 0.3 is 12.0 Å². The van der Waals surface area contributed by atoms with Crippen LogP contribution in [0.3, 0.4) is 0 Å². The lowest BCUT2D eigenvalue weighted by atomic mass is 10.3. The Morgan fingerprint density at radius 1 is 1.44 bits per heavy atom. The van der Waals surface area contributed by atoms with Gasteiger partial charge in [-0.15, -0.1) is 11.8 Å². The Bertz CT molecular complexity index is 301. The summed E-state index contributed by atoms with van der Waals surface area (Å²) in [7, 11) is 0. The molecule has 7 heteroatoms. The van der Waals surface area contributed by atoms with E-state index in [2.05, 4.69) is 0 Å². The minimum Gasteiger partial charge on any atom is -0.480 e. The number of thioether (sulfide) groups is 1. The van der Waals surface area contributed by atoms with Crippen molar-refractivity contribution in [2.45, 2.75) is 25.8 Å². The summed E-state index contributed by atoms with van der Waals surface area (Å²) < 4.78 is 0. The van der Waals surface area contributed by atoms with Crippen LogP contribution in [0.15, 0.2) is 0 Å². The first-order valence-corrected chi connectivity index (χ1v) is 7.24. The van der Waals surface area contributed by atoms with Crippen LogP contribution in [0.1, 0.15) is 19.8 Å². The Balaban J connectivity index is 2.65. The molecular formula is C11H20N2O4S. The Morgan fingerprint density at radius 2 is 2.17 bits per heavy atom. The first-order chi connectivity index (χ1) is 8.61. The fourth-order valence-electron chi connectivity index (χ4n) is 1.79. The van der Waals surface area contributed by atoms with E-state index in [1.807, 2.05) is 6.92 Å². The van der Waals surface area contributed by atoms with E-state index in [1.54, 1.807) is 0 Å². The average Bonchev–Trinajstić information content (AvgIpc) is 2.82. The molecule has 104 valence electrons. The van der Waals surface area contributed by atoms with Gasteiger partial charge in [-0.3, -0.25) is 0 Å². The molecule has 1 atom stereocenters. The maximum absolute atomic E-state index is 12.2. The van der Waals surface area contributed by atoms with Crippen molar-refractivity contribution >= 4 is 23.8 Å². The quantitative estimate of drug-likeness (QED) is 0.745. The van der Waals surface area contributed by atoms with Crippen molar-refractivity contribution in [2.24, 2.45) is 0 Å². The zero-order chi connectivity index (χ0) is 13.5. The van der Waals surface area contributed by atoms with Crippen LogP contribution in [-0.2, 0) is 4.79 Å². The van der Waals surface area contributed by atoms with Gasteiger partial charge in [-0.05, 0) is 6.42 Å². The molecule has 1 saturated heterocycles. The van der Waals surface area contributed by atoms with Crippen LogP contribution >= 0.6 is 11.8 Å². The number of rotatable bonds is 6. The van der Waals surface area contributed by atoms with Gasteiger partial charge in [-0.1, -0.05) is 13.3 Å². The number of carbonyl (C=O) groups is 2. The van der Waals surface area contributed by atoms with Gasteiger partial charge in [0.25, 0.3) is 0 Å². The highest BCUT2D eigenvalue weighted by molar-refractivity contribution is 7.99. The van der Waals surface area contributed by atoms with Crippen LogP contribution in [-0.4, -0.2) is 69.4 Å². The van der Waals surface area contributed by atoms with Crippen molar-refractivity contribution in [3.63, 3.8) is 0 Å². The largest absolute Gasteiger partial charge is 0.480 e. The fraction of sp³-hybridized carbons (Fsp3) is 0.818. The summed E-state index contributed by atoms with van der Waals surface area (Å²) in [4.78, 5) is 26.2. The maximum atomic E-state index is 12.2. The lowest BCUT2D eigenvalue weighted by Crippen LogP contribution is -2.49. The van der Waals surface area contributed by atoms with Gasteiger partial charge in [0.05, 0.1) is 12.5 Å². The van der Waals surface area contributed by atoms with E-state index in [4.69, 9.17) is 10.2 Å². The molecule has 1 fully saturated rings. The zero-order valence-electron chi connectivity index (χ0n) is 10.5. The van der Waals surface area contributed by atoms with Crippen LogP contribution in [0.25, 0.3) is 0 Å². The number of aliphatic hydroxyl groups is 1. The Labute approximate surface area is 111 Å². The summed E-state index contributed by atoms with van der Waals surface area (Å²) in [6, 6.07) is -1.03. The first-order valence-electron chi connectivity index (χ1n) is 6.08. The van der Waals surface area contributed by atoms with Crippen molar-refractivity contribution in [1.29, 1.82) is 0 Å². The zero-order valence-corrected chi connectivity index (χ0v) is 11.4. The number of aliphatic carboxylic acids is 1. The average molecular weight is 276 g/mol. The van der Waals surface area contributed by atoms with Gasteiger partial charge in [0.2, 0.25) is 0 Å². The number of carbonyl (C=O) groups excluding carboxylic acids is 1. The van der Waals surface area contributed by atoms with Crippen LogP contribution in [0, 0.1) is 0 Å². The summed E-state index contributed by atoms with van der Waals surface area (Å²) in [5, 5.41) is 18.0. The van der Waals surface area contributed by atoms with Crippen LogP contribution in [0.4, 0.5) is 4.79 Å². The van der Waals surface area contributed by atoms with Gasteiger partial charge in [0, 0.05) is 18.8 Å². The van der Waals surface area contributed by atoms with E-state index in [-0.39, 0.29) is 19.2 Å². The molecule has 1 rings (SSSR count). The smallest absolute Gasteiger partial charge is 0.327 e. The fourth-order valence-corrected chi connectivity index (χ4v) is 2.93. The third kappa shape index (κ3) is 3.78. The van der Waals surface area contributed by atoms with E-state index in [9.17, 15) is 9.59 Å². The van der Waals surface area contributed by atoms with Crippen molar-refractivity contribution in [2.75, 3.05) is 31.3 Å². The lowest BCUT2D eigenvalue weighted by Gasteiger charge is -2.29. The van der Waals surface area contributed by atoms with E-state index < -0.39 is 12.0 Å². The number of unbranched alkanes of at least 4 members (excludes halogenated alkanes) is 1. The standard InChI is InChI=1S/C11H20N2O4S/c1-2-3-4-12(5-6-14)11(17)13-8-18-7-9(13)10(15)16/h9,14H,2-8H2,1H3,(H,15,16)/t9-/m0/s1. The van der Waals surface area contributed by atoms with Crippen LogP contribution in [0.2, 0.25) is 0 Å². The van der Waals surface area contributed by atoms with E-state index in [1.165, 1.54) is 21.6 Å². The minimum atomic E-state index is -0.965. The molecule has 0 saturated carbocycles. The molecule has 1 aliphatic rings. The van der Waals surface area contributed by atoms with Gasteiger partial charge in [0.1, 0.15) is 6.04 Å². The number of amides is 2. The SMILES string of the molecule is CCCCN(CCO)C(=O)N1CSC[C@H]1C(=O)O. The first kappa shape index (κ1) is 15.1. The molecular weight excluding hydrogens is 256 g/mol. The Kier molecular flexibility index (Phi) is 6.28. The topological polar surface area (TPSA) is 81.1 Å². The second kappa shape index (κ2) is 7.48. The highest BCUT2D eigenvalue weighted by atomic mass is 32.2. The third-order valence-corrected chi connectivity index (χ3v) is 3.85. The maximum Gasteiger partial charge on any atom is 0.327 e. The number of aliphatic hydroxyl groups excluding tert-OH is 1. The molecule has 2 amide bonds. The van der Waals surface area contributed by atoms with Gasteiger partial charge < -0.3 is 20.0 Å². The lowest BCUT2D eigenvalue weighted by molar-refractivity contribution is -0.140. The van der Waals surface area contributed by atoms with E-state index >= 15 is 0 Å². The van der Waals surface area contributed by atoms with Gasteiger partial charge in [-0.2, -0.15) is 0 Å². The van der Waals surface area contributed by atoms with Crippen molar-refractivity contribution in [3.05, 3.63) is 0 Å². The van der Waals surface area contributed by atoms with E-state index in [0.717, 1.165) is 12.8 Å². The molecule has 0 bridgehead atoms. The van der Waals surface area contributed by atoms with Crippen LogP contribution < -0.4 is 0 Å². The minimum absolute atomic E-state index is 0.103. The summed E-state index contributed by atoms with van der Waals surface area (Å²) in [6.07, 6.45) is 1.80. The Morgan fingerprint density at radius 3 is 2.72 bits per heavy atom. The molecule has 0 unspecified atom stereocenters. The highest BCUT2D eigenvalue weighted by Crippen LogP contribution is 2.22. The third-order valence-electron chi connectivity index (χ3n) is 2.84. The van der Waals surface area contributed by atoms with Gasteiger partial charge in [-0.25, -0.2) is 9.59 Å². The summed E-state index contributed by atoms with van der Waals surface area (Å²) in [5.41, 5.74) is 0. The molecule has 1 aliphatic heterocycles. The number of urea groups is 1. The predicted octanol–water partition coefficient (Wildman–Crippen LogP) is 0.660. The van der Waals surface area contributed by atoms with Crippen molar-refractivity contribution in [3.8, 4) is 0 Å². The molecule has 0 aliphatic carbocycles. The predicted molar refractivity (Wildman–Crippen MR) is 69.6 cm³/mol. The molecule has 1 heterocycles. The molecule has 0 spiro atoms. The number of hydrogen-bond donors (Lipinski definition) is 2. The van der Waals surface area contributed by atoms with Crippen molar-refractivity contribution in [1.82, 2.24) is 9.80 Å². The number of carboxylic acids is 1. The Hall–Kier alpha value is -0.950. The second-order valence-corrected chi connectivity index (χ2v) is 5.17. The summed E-state index contributed by atoms with van der Waals surface area (Å²) in [5.74, 6) is -0.126. The molecule has 0 aromatic rings. The number of hydrogen-bond acceptors (Lipinski definition) is 4. The molecule has 0 aromatic heterocycles. The normalized spacial score (nSPS) is 19.0. The van der Waals surface area contributed by atoms with Crippen LogP contribution in [0.5, 0.6) is 0 Å².